The fourth-order valence-corrected chi connectivity index (χ4v) is 2.94. The molecule has 1 unspecified atom stereocenters. The molecule has 0 aliphatic rings. The first-order valence-electron chi connectivity index (χ1n) is 8.57. The zero-order valence-electron chi connectivity index (χ0n) is 14.9. The standard InChI is InChI=1S/C19H15N5O5/c20-18(26)17(25)13(7-11-8-29-15-10-28-9-12(11)15)23-19(27)14-4-6-22-24(14)16-3-1-2-5-21-16/h1-6,8-10,13H,7H2,(H2,20,26)(H,23,27). The van der Waals surface area contributed by atoms with Crippen LogP contribution in [-0.4, -0.2) is 38.4 Å². The van der Waals surface area contributed by atoms with Crippen LogP contribution in [0, 0.1) is 0 Å². The van der Waals surface area contributed by atoms with Gasteiger partial charge < -0.3 is 19.9 Å². The molecule has 0 fully saturated rings. The van der Waals surface area contributed by atoms with Gasteiger partial charge in [0.1, 0.15) is 24.3 Å². The maximum absolute atomic E-state index is 12.8. The molecule has 0 radical (unpaired) electrons. The number of nitrogens with one attached hydrogen (secondary N) is 1. The number of nitrogens with zero attached hydrogens (tertiary/aromatic N) is 3. The Balaban J connectivity index is 1.61. The van der Waals surface area contributed by atoms with Crippen molar-refractivity contribution in [3.8, 4) is 5.82 Å². The first kappa shape index (κ1) is 18.2. The van der Waals surface area contributed by atoms with Crippen LogP contribution in [0.25, 0.3) is 16.8 Å². The fraction of sp³-hybridized carbons (Fsp3) is 0.105. The van der Waals surface area contributed by atoms with Crippen molar-refractivity contribution >= 4 is 28.6 Å². The molecule has 4 aromatic heterocycles. The number of primary amides is 1. The maximum atomic E-state index is 12.8. The summed E-state index contributed by atoms with van der Waals surface area (Å²) in [6.07, 6.45) is 7.29. The van der Waals surface area contributed by atoms with Crippen molar-refractivity contribution in [3.05, 3.63) is 66.7 Å². The van der Waals surface area contributed by atoms with Crippen LogP contribution in [-0.2, 0) is 16.0 Å². The Morgan fingerprint density at radius 3 is 2.76 bits per heavy atom. The van der Waals surface area contributed by atoms with Gasteiger partial charge >= 0.3 is 0 Å². The largest absolute Gasteiger partial charge is 0.468 e. The minimum absolute atomic E-state index is 0.00221. The van der Waals surface area contributed by atoms with E-state index in [9.17, 15) is 14.4 Å². The van der Waals surface area contributed by atoms with Crippen LogP contribution in [0.3, 0.4) is 0 Å². The summed E-state index contributed by atoms with van der Waals surface area (Å²) in [5.74, 6) is -2.27. The fourth-order valence-electron chi connectivity index (χ4n) is 2.94. The Hall–Kier alpha value is -4.21. The molecule has 0 bridgehead atoms. The number of carbonyl (C=O) groups is 3. The molecule has 2 amide bonds. The van der Waals surface area contributed by atoms with Crippen LogP contribution in [0.15, 0.2) is 64.3 Å². The van der Waals surface area contributed by atoms with Gasteiger partial charge in [0, 0.05) is 18.2 Å². The third kappa shape index (κ3) is 3.50. The van der Waals surface area contributed by atoms with E-state index in [1.54, 1.807) is 24.4 Å². The van der Waals surface area contributed by atoms with E-state index in [0.717, 1.165) is 0 Å². The van der Waals surface area contributed by atoms with E-state index >= 15 is 0 Å². The average Bonchev–Trinajstić information content (AvgIpc) is 3.45. The lowest BCUT2D eigenvalue weighted by Crippen LogP contribution is -2.47. The molecule has 0 aliphatic carbocycles. The van der Waals surface area contributed by atoms with Gasteiger partial charge in [-0.3, -0.25) is 14.4 Å². The van der Waals surface area contributed by atoms with E-state index in [-0.39, 0.29) is 12.1 Å². The highest BCUT2D eigenvalue weighted by Crippen LogP contribution is 2.23. The number of Topliss-reactive ketones (excluding diaryl/α,β-unsaturated/α-hetero) is 1. The summed E-state index contributed by atoms with van der Waals surface area (Å²) in [7, 11) is 0. The summed E-state index contributed by atoms with van der Waals surface area (Å²) < 4.78 is 11.7. The van der Waals surface area contributed by atoms with E-state index in [1.807, 2.05) is 0 Å². The van der Waals surface area contributed by atoms with Gasteiger partial charge in [0.25, 0.3) is 11.8 Å². The number of fused-ring (bicyclic) bond motifs is 1. The quantitative estimate of drug-likeness (QED) is 0.445. The summed E-state index contributed by atoms with van der Waals surface area (Å²) >= 11 is 0. The number of hydrogen-bond donors (Lipinski definition) is 2. The number of amides is 2. The minimum Gasteiger partial charge on any atom is -0.468 e. The van der Waals surface area contributed by atoms with Crippen molar-refractivity contribution < 1.29 is 23.2 Å². The monoisotopic (exact) mass is 393 g/mol. The first-order valence-corrected chi connectivity index (χ1v) is 8.57. The molecule has 0 aliphatic heterocycles. The van der Waals surface area contributed by atoms with Gasteiger partial charge in [0.15, 0.2) is 11.4 Å². The van der Waals surface area contributed by atoms with Crippen LogP contribution < -0.4 is 11.1 Å². The molecule has 0 saturated heterocycles. The summed E-state index contributed by atoms with van der Waals surface area (Å²) in [5, 5.41) is 7.29. The first-order chi connectivity index (χ1) is 14.0. The number of hydrogen-bond acceptors (Lipinski definition) is 7. The highest BCUT2D eigenvalue weighted by atomic mass is 16.4. The molecule has 10 heteroatoms. The van der Waals surface area contributed by atoms with Gasteiger partial charge in [0.2, 0.25) is 5.78 Å². The van der Waals surface area contributed by atoms with Gasteiger partial charge in [-0.2, -0.15) is 5.10 Å². The van der Waals surface area contributed by atoms with Crippen LogP contribution in [0.1, 0.15) is 16.1 Å². The maximum Gasteiger partial charge on any atom is 0.287 e. The van der Waals surface area contributed by atoms with Gasteiger partial charge in [-0.25, -0.2) is 9.67 Å². The van der Waals surface area contributed by atoms with Crippen molar-refractivity contribution in [1.29, 1.82) is 0 Å². The Bertz CT molecular complexity index is 1190. The SMILES string of the molecule is NC(=O)C(=O)C(Cc1coc2cocc12)NC(=O)c1ccnn1-c1ccccn1. The molecule has 29 heavy (non-hydrogen) atoms. The summed E-state index contributed by atoms with van der Waals surface area (Å²) in [4.78, 5) is 40.8. The van der Waals surface area contributed by atoms with Gasteiger partial charge in [-0.15, -0.1) is 0 Å². The van der Waals surface area contributed by atoms with Crippen molar-refractivity contribution in [2.75, 3.05) is 0 Å². The molecular formula is C19H15N5O5. The second-order valence-electron chi connectivity index (χ2n) is 6.19. The Morgan fingerprint density at radius 1 is 1.14 bits per heavy atom. The van der Waals surface area contributed by atoms with Crippen molar-refractivity contribution in [2.24, 2.45) is 5.73 Å². The third-order valence-electron chi connectivity index (χ3n) is 4.33. The Labute approximate surface area is 163 Å². The second-order valence-corrected chi connectivity index (χ2v) is 6.19. The predicted octanol–water partition coefficient (Wildman–Crippen LogP) is 1.00. The average molecular weight is 393 g/mol. The Kier molecular flexibility index (Phi) is 4.65. The molecule has 0 aromatic carbocycles. The van der Waals surface area contributed by atoms with E-state index < -0.39 is 23.6 Å². The number of rotatable bonds is 7. The normalized spacial score (nSPS) is 12.0. The lowest BCUT2D eigenvalue weighted by Gasteiger charge is -2.16. The minimum atomic E-state index is -1.19. The third-order valence-corrected chi connectivity index (χ3v) is 4.33. The zero-order chi connectivity index (χ0) is 20.4. The molecule has 0 saturated carbocycles. The van der Waals surface area contributed by atoms with Gasteiger partial charge in [0.05, 0.1) is 17.8 Å². The summed E-state index contributed by atoms with van der Waals surface area (Å²) in [6.45, 7) is 0. The number of ketones is 1. The number of pyridine rings is 1. The molecular weight excluding hydrogens is 378 g/mol. The van der Waals surface area contributed by atoms with Crippen LogP contribution in [0.4, 0.5) is 0 Å². The topological polar surface area (TPSA) is 146 Å². The predicted molar refractivity (Wildman–Crippen MR) is 99.0 cm³/mol. The smallest absolute Gasteiger partial charge is 0.287 e. The number of carbonyl (C=O) groups excluding carboxylic acids is 3. The van der Waals surface area contributed by atoms with Gasteiger partial charge in [-0.05, 0) is 18.2 Å². The highest BCUT2D eigenvalue weighted by Gasteiger charge is 2.28. The molecule has 0 spiro atoms. The summed E-state index contributed by atoms with van der Waals surface area (Å²) in [6, 6.07) is 5.44. The number of nitrogens with two attached hydrogens (primary N) is 1. The van der Waals surface area contributed by atoms with Crippen LogP contribution in [0.2, 0.25) is 0 Å². The van der Waals surface area contributed by atoms with E-state index in [4.69, 9.17) is 14.6 Å². The van der Waals surface area contributed by atoms with E-state index in [0.29, 0.717) is 22.4 Å². The van der Waals surface area contributed by atoms with Crippen molar-refractivity contribution in [2.45, 2.75) is 12.5 Å². The Morgan fingerprint density at radius 2 is 2.00 bits per heavy atom. The van der Waals surface area contributed by atoms with Gasteiger partial charge in [-0.1, -0.05) is 6.07 Å². The highest BCUT2D eigenvalue weighted by molar-refractivity contribution is 6.38. The molecule has 4 rings (SSSR count). The molecule has 4 heterocycles. The lowest BCUT2D eigenvalue weighted by molar-refractivity contribution is -0.137. The lowest BCUT2D eigenvalue weighted by atomic mass is 10.0. The molecule has 146 valence electrons. The number of aromatic nitrogens is 3. The second kappa shape index (κ2) is 7.43. The van der Waals surface area contributed by atoms with E-state index in [2.05, 4.69) is 15.4 Å². The molecule has 1 atom stereocenters. The molecule has 4 aromatic rings. The van der Waals surface area contributed by atoms with Crippen LogP contribution in [0.5, 0.6) is 0 Å². The zero-order valence-corrected chi connectivity index (χ0v) is 14.9. The summed E-state index contributed by atoms with van der Waals surface area (Å²) in [5.41, 5.74) is 6.39. The van der Waals surface area contributed by atoms with Crippen molar-refractivity contribution in [1.82, 2.24) is 20.1 Å². The van der Waals surface area contributed by atoms with E-state index in [1.165, 1.54) is 35.7 Å². The molecule has 3 N–H and O–H groups in total. The molecule has 10 nitrogen and oxygen atoms in total. The van der Waals surface area contributed by atoms with Crippen LogP contribution >= 0.6 is 0 Å². The van der Waals surface area contributed by atoms with Crippen molar-refractivity contribution in [3.63, 3.8) is 0 Å². The number of furan rings is 2.